The summed E-state index contributed by atoms with van der Waals surface area (Å²) in [7, 11) is 0. The molecule has 3 aliphatic rings. The van der Waals surface area contributed by atoms with Gasteiger partial charge in [-0.05, 0) is 63.5 Å². The Kier molecular flexibility index (Phi) is 4.78. The summed E-state index contributed by atoms with van der Waals surface area (Å²) in [5.74, 6) is 1.15. The van der Waals surface area contributed by atoms with E-state index in [0.29, 0.717) is 11.7 Å². The zero-order valence-electron chi connectivity index (χ0n) is 17.8. The second kappa shape index (κ2) is 7.79. The standard InChI is InChI=1S/C24H29N5O2/c30-24(22-17-6-1-2-7-18(17)26-27-22)28-13-11-16(12-14-28)29-20-9-4-3-8-19(20)25-23(29)21-10-5-15-31-21/h3-4,8-9,16,21H,1-2,5-7,10-15H2,(H,26,27). The number of piperidine rings is 1. The van der Waals surface area contributed by atoms with E-state index in [1.165, 1.54) is 11.9 Å². The van der Waals surface area contributed by atoms with Crippen LogP contribution in [0.25, 0.3) is 11.0 Å². The number of para-hydroxylation sites is 2. The van der Waals surface area contributed by atoms with Crippen molar-refractivity contribution in [1.29, 1.82) is 0 Å². The minimum Gasteiger partial charge on any atom is -0.370 e. The van der Waals surface area contributed by atoms with Gasteiger partial charge in [0.25, 0.3) is 5.91 Å². The largest absolute Gasteiger partial charge is 0.370 e. The number of carbonyl (C=O) groups is 1. The molecule has 2 fully saturated rings. The van der Waals surface area contributed by atoms with Crippen LogP contribution in [0.5, 0.6) is 0 Å². The van der Waals surface area contributed by atoms with Gasteiger partial charge < -0.3 is 14.2 Å². The second-order valence-electron chi connectivity index (χ2n) is 9.09. The molecule has 6 rings (SSSR count). The van der Waals surface area contributed by atoms with E-state index in [1.54, 1.807) is 0 Å². The summed E-state index contributed by atoms with van der Waals surface area (Å²) in [5, 5.41) is 7.51. The van der Waals surface area contributed by atoms with Crippen molar-refractivity contribution < 1.29 is 9.53 Å². The van der Waals surface area contributed by atoms with E-state index >= 15 is 0 Å². The molecule has 2 aromatic heterocycles. The lowest BCUT2D eigenvalue weighted by Crippen LogP contribution is -2.40. The van der Waals surface area contributed by atoms with Crippen molar-refractivity contribution in [3.8, 4) is 0 Å². The first-order valence-electron chi connectivity index (χ1n) is 11.7. The molecule has 2 saturated heterocycles. The van der Waals surface area contributed by atoms with Crippen molar-refractivity contribution in [3.63, 3.8) is 0 Å². The van der Waals surface area contributed by atoms with Crippen LogP contribution in [0.4, 0.5) is 0 Å². The summed E-state index contributed by atoms with van der Waals surface area (Å²) in [4.78, 5) is 20.2. The van der Waals surface area contributed by atoms with Gasteiger partial charge in [-0.1, -0.05) is 12.1 Å². The molecule has 1 amide bonds. The number of aromatic amines is 1. The predicted octanol–water partition coefficient (Wildman–Crippen LogP) is 3.97. The molecule has 1 unspecified atom stereocenters. The predicted molar refractivity (Wildman–Crippen MR) is 117 cm³/mol. The number of ether oxygens (including phenoxy) is 1. The van der Waals surface area contributed by atoms with Gasteiger partial charge in [-0.2, -0.15) is 5.10 Å². The highest BCUT2D eigenvalue weighted by atomic mass is 16.5. The monoisotopic (exact) mass is 419 g/mol. The molecular weight excluding hydrogens is 390 g/mol. The van der Waals surface area contributed by atoms with Gasteiger partial charge in [0.2, 0.25) is 0 Å². The molecule has 0 radical (unpaired) electrons. The molecule has 0 bridgehead atoms. The minimum atomic E-state index is 0.0858. The molecule has 1 atom stereocenters. The van der Waals surface area contributed by atoms with Crippen molar-refractivity contribution in [2.45, 2.75) is 63.5 Å². The number of H-pyrrole nitrogens is 1. The molecule has 2 aliphatic heterocycles. The molecule has 31 heavy (non-hydrogen) atoms. The number of aromatic nitrogens is 4. The average molecular weight is 420 g/mol. The number of amides is 1. The number of carbonyl (C=O) groups excluding carboxylic acids is 1. The maximum absolute atomic E-state index is 13.2. The van der Waals surface area contributed by atoms with Crippen molar-refractivity contribution >= 4 is 16.9 Å². The number of hydrogen-bond donors (Lipinski definition) is 1. The normalized spacial score (nSPS) is 22.2. The van der Waals surface area contributed by atoms with E-state index < -0.39 is 0 Å². The zero-order chi connectivity index (χ0) is 20.8. The quantitative estimate of drug-likeness (QED) is 0.697. The van der Waals surface area contributed by atoms with Gasteiger partial charge >= 0.3 is 0 Å². The molecule has 1 aliphatic carbocycles. The van der Waals surface area contributed by atoms with Crippen LogP contribution < -0.4 is 0 Å². The summed E-state index contributed by atoms with van der Waals surface area (Å²) in [6, 6.07) is 8.71. The Labute approximate surface area is 181 Å². The average Bonchev–Trinajstić information content (AvgIpc) is 3.56. The van der Waals surface area contributed by atoms with Gasteiger partial charge in [0.15, 0.2) is 5.69 Å². The maximum atomic E-state index is 13.2. The highest BCUT2D eigenvalue weighted by Crippen LogP contribution is 2.36. The van der Waals surface area contributed by atoms with Crippen LogP contribution >= 0.6 is 0 Å². The van der Waals surface area contributed by atoms with Crippen LogP contribution in [0.3, 0.4) is 0 Å². The number of likely N-dealkylation sites (tertiary alicyclic amines) is 1. The molecule has 0 saturated carbocycles. The van der Waals surface area contributed by atoms with E-state index in [9.17, 15) is 4.79 Å². The fraction of sp³-hybridized carbons (Fsp3) is 0.542. The number of hydrogen-bond acceptors (Lipinski definition) is 4. The Hall–Kier alpha value is -2.67. The third-order valence-corrected chi connectivity index (χ3v) is 7.22. The van der Waals surface area contributed by atoms with E-state index in [-0.39, 0.29) is 12.0 Å². The van der Waals surface area contributed by atoms with Crippen LogP contribution in [0, 0.1) is 0 Å². The highest BCUT2D eigenvalue weighted by molar-refractivity contribution is 5.94. The lowest BCUT2D eigenvalue weighted by atomic mass is 9.95. The first kappa shape index (κ1) is 19.0. The van der Waals surface area contributed by atoms with Crippen molar-refractivity contribution in [3.05, 3.63) is 47.0 Å². The number of benzene rings is 1. The van der Waals surface area contributed by atoms with Crippen LogP contribution in [-0.2, 0) is 17.6 Å². The highest BCUT2D eigenvalue weighted by Gasteiger charge is 2.32. The molecule has 0 spiro atoms. The Balaban J connectivity index is 1.24. The van der Waals surface area contributed by atoms with Crippen LogP contribution in [0.15, 0.2) is 24.3 Å². The van der Waals surface area contributed by atoms with Gasteiger partial charge in [-0.15, -0.1) is 0 Å². The Bertz CT molecular complexity index is 1100. The summed E-state index contributed by atoms with van der Waals surface area (Å²) in [6.45, 7) is 2.32. The molecular formula is C24H29N5O2. The lowest BCUT2D eigenvalue weighted by molar-refractivity contribution is 0.0675. The fourth-order valence-corrected chi connectivity index (χ4v) is 5.59. The number of aryl methyl sites for hydroxylation is 1. The third kappa shape index (κ3) is 3.26. The Morgan fingerprint density at radius 1 is 1.06 bits per heavy atom. The zero-order valence-corrected chi connectivity index (χ0v) is 17.8. The van der Waals surface area contributed by atoms with Gasteiger partial charge in [0.05, 0.1) is 11.0 Å². The maximum Gasteiger partial charge on any atom is 0.274 e. The molecule has 3 aromatic rings. The van der Waals surface area contributed by atoms with Gasteiger partial charge in [0.1, 0.15) is 11.9 Å². The SMILES string of the molecule is O=C(c1n[nH]c2c1CCCC2)N1CCC(n2c(C3CCCO3)nc3ccccc32)CC1. The Morgan fingerprint density at radius 3 is 2.74 bits per heavy atom. The van der Waals surface area contributed by atoms with Crippen LogP contribution in [0.1, 0.15) is 78.2 Å². The molecule has 1 aromatic carbocycles. The van der Waals surface area contributed by atoms with Gasteiger partial charge in [-0.3, -0.25) is 9.89 Å². The molecule has 4 heterocycles. The summed E-state index contributed by atoms with van der Waals surface area (Å²) >= 11 is 0. The van der Waals surface area contributed by atoms with E-state index in [2.05, 4.69) is 33.0 Å². The Morgan fingerprint density at radius 2 is 1.90 bits per heavy atom. The topological polar surface area (TPSA) is 76.0 Å². The van der Waals surface area contributed by atoms with E-state index in [1.807, 2.05) is 11.0 Å². The molecule has 162 valence electrons. The van der Waals surface area contributed by atoms with E-state index in [4.69, 9.17) is 9.72 Å². The summed E-state index contributed by atoms with van der Waals surface area (Å²) < 4.78 is 8.41. The molecule has 1 N–H and O–H groups in total. The van der Waals surface area contributed by atoms with Gasteiger partial charge in [0, 0.05) is 37.0 Å². The van der Waals surface area contributed by atoms with Crippen LogP contribution in [-0.4, -0.2) is 50.3 Å². The number of rotatable bonds is 3. The van der Waals surface area contributed by atoms with Crippen molar-refractivity contribution in [1.82, 2.24) is 24.6 Å². The number of fused-ring (bicyclic) bond motifs is 2. The molecule has 7 heteroatoms. The number of imidazole rings is 1. The fourth-order valence-electron chi connectivity index (χ4n) is 5.59. The third-order valence-electron chi connectivity index (χ3n) is 7.22. The van der Waals surface area contributed by atoms with E-state index in [0.717, 1.165) is 87.2 Å². The number of nitrogens with zero attached hydrogens (tertiary/aromatic N) is 4. The summed E-state index contributed by atoms with van der Waals surface area (Å²) in [5.41, 5.74) is 5.19. The minimum absolute atomic E-state index is 0.0858. The smallest absolute Gasteiger partial charge is 0.274 e. The second-order valence-corrected chi connectivity index (χ2v) is 9.09. The first-order chi connectivity index (χ1) is 15.3. The van der Waals surface area contributed by atoms with Crippen LogP contribution in [0.2, 0.25) is 0 Å². The number of nitrogens with one attached hydrogen (secondary N) is 1. The van der Waals surface area contributed by atoms with Gasteiger partial charge in [-0.25, -0.2) is 4.98 Å². The van der Waals surface area contributed by atoms with Crippen molar-refractivity contribution in [2.75, 3.05) is 19.7 Å². The van der Waals surface area contributed by atoms with Crippen molar-refractivity contribution in [2.24, 2.45) is 0 Å². The first-order valence-corrected chi connectivity index (χ1v) is 11.7. The summed E-state index contributed by atoms with van der Waals surface area (Å²) in [6.07, 6.45) is 8.38. The molecule has 7 nitrogen and oxygen atoms in total. The lowest BCUT2D eigenvalue weighted by Gasteiger charge is -2.34.